The van der Waals surface area contributed by atoms with E-state index in [1.807, 2.05) is 13.8 Å². The van der Waals surface area contributed by atoms with E-state index >= 15 is 0 Å². The molecule has 0 N–H and O–H groups in total. The summed E-state index contributed by atoms with van der Waals surface area (Å²) in [6, 6.07) is 0. The van der Waals surface area contributed by atoms with Gasteiger partial charge < -0.3 is 9.47 Å². The van der Waals surface area contributed by atoms with E-state index in [-0.39, 0.29) is 11.5 Å². The molecule has 0 aromatic heterocycles. The predicted molar refractivity (Wildman–Crippen MR) is 79.1 cm³/mol. The summed E-state index contributed by atoms with van der Waals surface area (Å²) in [7, 11) is 0. The molecule has 2 atom stereocenters. The normalized spacial score (nSPS) is 13.4. The van der Waals surface area contributed by atoms with Crippen LogP contribution in [0, 0.1) is 11.8 Å². The van der Waals surface area contributed by atoms with Gasteiger partial charge in [-0.1, -0.05) is 40.9 Å². The number of ether oxygens (including phenoxy) is 2. The molecule has 0 rings (SSSR count). The van der Waals surface area contributed by atoms with Crippen molar-refractivity contribution in [2.45, 2.75) is 46.6 Å². The largest absolute Gasteiger partial charge is 0.462 e. The number of rotatable bonds is 9. The number of carbonyl (C=O) groups is 2. The highest BCUT2D eigenvalue weighted by atomic mass is 16.6. The highest BCUT2D eigenvalue weighted by molar-refractivity contribution is 5.90. The molecule has 0 aliphatic rings. The highest BCUT2D eigenvalue weighted by Gasteiger charge is 2.28. The Bertz CT molecular complexity index is 357. The van der Waals surface area contributed by atoms with E-state index in [1.165, 1.54) is 0 Å². The fraction of sp³-hybridized carbons (Fsp3) is 0.625. The molecule has 2 unspecified atom stereocenters. The van der Waals surface area contributed by atoms with Gasteiger partial charge in [-0.05, 0) is 24.7 Å². The lowest BCUT2D eigenvalue weighted by atomic mass is 9.96. The highest BCUT2D eigenvalue weighted by Crippen LogP contribution is 2.20. The van der Waals surface area contributed by atoms with Crippen molar-refractivity contribution in [1.29, 1.82) is 0 Å². The molecule has 0 saturated heterocycles. The van der Waals surface area contributed by atoms with Crippen molar-refractivity contribution >= 4 is 11.9 Å². The molecule has 0 aromatic carbocycles. The Hall–Kier alpha value is -1.58. The van der Waals surface area contributed by atoms with E-state index < -0.39 is 18.0 Å². The van der Waals surface area contributed by atoms with Crippen LogP contribution in [0.3, 0.4) is 0 Å². The van der Waals surface area contributed by atoms with Crippen molar-refractivity contribution in [3.63, 3.8) is 0 Å². The van der Waals surface area contributed by atoms with E-state index in [0.29, 0.717) is 12.5 Å². The molecule has 0 spiro atoms. The molecule has 0 heterocycles. The first-order valence-corrected chi connectivity index (χ1v) is 7.02. The molecule has 114 valence electrons. The Morgan fingerprint density at radius 3 is 2.30 bits per heavy atom. The monoisotopic (exact) mass is 282 g/mol. The molecule has 0 amide bonds. The zero-order chi connectivity index (χ0) is 15.7. The number of hydrogen-bond acceptors (Lipinski definition) is 4. The molecule has 0 radical (unpaired) electrons. The third-order valence-corrected chi connectivity index (χ3v) is 3.10. The van der Waals surface area contributed by atoms with Gasteiger partial charge in [-0.25, -0.2) is 9.59 Å². The van der Waals surface area contributed by atoms with Crippen LogP contribution in [0.4, 0.5) is 0 Å². The van der Waals surface area contributed by atoms with Gasteiger partial charge in [0.05, 0.1) is 12.2 Å². The summed E-state index contributed by atoms with van der Waals surface area (Å²) in [5.41, 5.74) is 0.179. The Kier molecular flexibility index (Phi) is 8.61. The van der Waals surface area contributed by atoms with E-state index in [0.717, 1.165) is 18.9 Å². The molecule has 0 saturated carbocycles. The quantitative estimate of drug-likeness (QED) is 0.481. The summed E-state index contributed by atoms with van der Waals surface area (Å²) in [6.45, 7) is 15.4. The number of carbonyl (C=O) groups excluding carboxylic acids is 2. The van der Waals surface area contributed by atoms with Crippen molar-refractivity contribution in [2.75, 3.05) is 6.61 Å². The minimum atomic E-state index is -0.669. The molecule has 0 aromatic rings. The van der Waals surface area contributed by atoms with Crippen molar-refractivity contribution in [2.24, 2.45) is 11.8 Å². The minimum absolute atomic E-state index is 0.0101. The van der Waals surface area contributed by atoms with Crippen LogP contribution in [-0.4, -0.2) is 24.6 Å². The fourth-order valence-corrected chi connectivity index (χ4v) is 1.51. The number of esters is 2. The zero-order valence-corrected chi connectivity index (χ0v) is 13.0. The Balaban J connectivity index is 4.64. The molecular weight excluding hydrogens is 256 g/mol. The Morgan fingerprint density at radius 2 is 1.85 bits per heavy atom. The summed E-state index contributed by atoms with van der Waals surface area (Å²) in [5.74, 6) is -0.622. The van der Waals surface area contributed by atoms with Gasteiger partial charge in [0.15, 0.2) is 0 Å². The standard InChI is InChI=1S/C16H26O4/c1-7-12(5)15(20-14(17)8-2)13(6)16(18)19-10-9-11(3)4/h8,11-12,15H,2,6-7,9-10H2,1,3-5H3. The first kappa shape index (κ1) is 18.4. The van der Waals surface area contributed by atoms with E-state index in [4.69, 9.17) is 9.47 Å². The third-order valence-electron chi connectivity index (χ3n) is 3.10. The second-order valence-corrected chi connectivity index (χ2v) is 5.29. The van der Waals surface area contributed by atoms with Gasteiger partial charge in [-0.15, -0.1) is 0 Å². The van der Waals surface area contributed by atoms with Crippen molar-refractivity contribution in [1.82, 2.24) is 0 Å². The summed E-state index contributed by atoms with van der Waals surface area (Å²) < 4.78 is 10.4. The van der Waals surface area contributed by atoms with Crippen LogP contribution >= 0.6 is 0 Å². The lowest BCUT2D eigenvalue weighted by molar-refractivity contribution is -0.147. The van der Waals surface area contributed by atoms with Crippen molar-refractivity contribution in [3.05, 3.63) is 24.8 Å². The average molecular weight is 282 g/mol. The van der Waals surface area contributed by atoms with Gasteiger partial charge >= 0.3 is 11.9 Å². The summed E-state index contributed by atoms with van der Waals surface area (Å²) >= 11 is 0. The van der Waals surface area contributed by atoms with Gasteiger partial charge in [0.1, 0.15) is 6.10 Å². The minimum Gasteiger partial charge on any atom is -0.462 e. The first-order valence-electron chi connectivity index (χ1n) is 7.02. The lowest BCUT2D eigenvalue weighted by Gasteiger charge is -2.23. The Labute approximate surface area is 121 Å². The van der Waals surface area contributed by atoms with Gasteiger partial charge in [0.25, 0.3) is 0 Å². The van der Waals surface area contributed by atoms with E-state index in [2.05, 4.69) is 27.0 Å². The van der Waals surface area contributed by atoms with Crippen LogP contribution in [-0.2, 0) is 19.1 Å². The molecular formula is C16H26O4. The topological polar surface area (TPSA) is 52.6 Å². The maximum Gasteiger partial charge on any atom is 0.337 e. The predicted octanol–water partition coefficient (Wildman–Crippen LogP) is 3.28. The van der Waals surface area contributed by atoms with Gasteiger partial charge in [0.2, 0.25) is 0 Å². The molecule has 0 aliphatic carbocycles. The third kappa shape index (κ3) is 6.55. The van der Waals surface area contributed by atoms with Crippen LogP contribution < -0.4 is 0 Å². The second kappa shape index (κ2) is 9.34. The SMILES string of the molecule is C=CC(=O)OC(C(=C)C(=O)OCCC(C)C)C(C)CC. The first-order chi connectivity index (χ1) is 9.33. The zero-order valence-electron chi connectivity index (χ0n) is 13.0. The maximum absolute atomic E-state index is 11.9. The fourth-order valence-electron chi connectivity index (χ4n) is 1.51. The molecule has 20 heavy (non-hydrogen) atoms. The van der Waals surface area contributed by atoms with Gasteiger partial charge in [0, 0.05) is 6.08 Å². The lowest BCUT2D eigenvalue weighted by Crippen LogP contribution is -2.30. The van der Waals surface area contributed by atoms with Crippen LogP contribution in [0.25, 0.3) is 0 Å². The molecule has 0 bridgehead atoms. The summed E-state index contributed by atoms with van der Waals surface area (Å²) in [5, 5.41) is 0. The Morgan fingerprint density at radius 1 is 1.25 bits per heavy atom. The van der Waals surface area contributed by atoms with Gasteiger partial charge in [-0.2, -0.15) is 0 Å². The van der Waals surface area contributed by atoms with Crippen LogP contribution in [0.2, 0.25) is 0 Å². The van der Waals surface area contributed by atoms with Crippen LogP contribution in [0.15, 0.2) is 24.8 Å². The number of hydrogen-bond donors (Lipinski definition) is 0. The van der Waals surface area contributed by atoms with Crippen LogP contribution in [0.5, 0.6) is 0 Å². The maximum atomic E-state index is 11.9. The molecule has 4 nitrogen and oxygen atoms in total. The molecule has 0 fully saturated rings. The van der Waals surface area contributed by atoms with E-state index in [9.17, 15) is 9.59 Å². The second-order valence-electron chi connectivity index (χ2n) is 5.29. The van der Waals surface area contributed by atoms with E-state index in [1.54, 1.807) is 0 Å². The van der Waals surface area contributed by atoms with Crippen LogP contribution in [0.1, 0.15) is 40.5 Å². The van der Waals surface area contributed by atoms with Gasteiger partial charge in [-0.3, -0.25) is 0 Å². The summed E-state index contributed by atoms with van der Waals surface area (Å²) in [6.07, 6.45) is 1.96. The van der Waals surface area contributed by atoms with Crippen molar-refractivity contribution in [3.8, 4) is 0 Å². The smallest absolute Gasteiger partial charge is 0.337 e. The summed E-state index contributed by atoms with van der Waals surface area (Å²) in [4.78, 5) is 23.3. The molecule has 4 heteroatoms. The average Bonchev–Trinajstić information content (AvgIpc) is 2.42. The van der Waals surface area contributed by atoms with Crippen molar-refractivity contribution < 1.29 is 19.1 Å². The molecule has 0 aliphatic heterocycles.